The van der Waals surface area contributed by atoms with Gasteiger partial charge in [0.2, 0.25) is 0 Å². The first-order valence-corrected chi connectivity index (χ1v) is 7.69. The highest BCUT2D eigenvalue weighted by Gasteiger charge is 2.31. The van der Waals surface area contributed by atoms with Gasteiger partial charge >= 0.3 is 0 Å². The molecule has 1 rings (SSSR count). The first-order chi connectivity index (χ1) is 8.62. The quantitative estimate of drug-likeness (QED) is 0.716. The first kappa shape index (κ1) is 15.9. The third-order valence-corrected chi connectivity index (χ3v) is 4.50. The average molecular weight is 255 g/mol. The van der Waals surface area contributed by atoms with E-state index in [-0.39, 0.29) is 0 Å². The van der Waals surface area contributed by atoms with Gasteiger partial charge in [0, 0.05) is 6.54 Å². The Morgan fingerprint density at radius 3 is 2.22 bits per heavy atom. The molecule has 0 bridgehead atoms. The molecular weight excluding hydrogens is 222 g/mol. The summed E-state index contributed by atoms with van der Waals surface area (Å²) in [4.78, 5) is 4.95. The minimum atomic E-state index is 0.583. The minimum absolute atomic E-state index is 0.583. The second kappa shape index (κ2) is 8.13. The molecule has 0 spiro atoms. The normalized spacial score (nSPS) is 19.7. The van der Waals surface area contributed by atoms with Crippen LogP contribution in [-0.4, -0.2) is 63.2 Å². The maximum atomic E-state index is 3.50. The molecule has 0 saturated carbocycles. The van der Waals surface area contributed by atoms with Gasteiger partial charge in [-0.3, -0.25) is 0 Å². The van der Waals surface area contributed by atoms with Crippen molar-refractivity contribution in [2.24, 2.45) is 5.41 Å². The van der Waals surface area contributed by atoms with Crippen LogP contribution in [0.3, 0.4) is 0 Å². The lowest BCUT2D eigenvalue weighted by atomic mass is 9.76. The van der Waals surface area contributed by atoms with Gasteiger partial charge in [-0.05, 0) is 77.9 Å². The van der Waals surface area contributed by atoms with E-state index in [1.54, 1.807) is 0 Å². The van der Waals surface area contributed by atoms with E-state index in [9.17, 15) is 0 Å². The molecule has 18 heavy (non-hydrogen) atoms. The lowest BCUT2D eigenvalue weighted by Gasteiger charge is -2.41. The highest BCUT2D eigenvalue weighted by molar-refractivity contribution is 4.86. The Morgan fingerprint density at radius 1 is 1.06 bits per heavy atom. The Kier molecular flexibility index (Phi) is 7.20. The third-order valence-electron chi connectivity index (χ3n) is 4.50. The summed E-state index contributed by atoms with van der Waals surface area (Å²) in [5, 5.41) is 3.50. The van der Waals surface area contributed by atoms with Gasteiger partial charge in [-0.25, -0.2) is 0 Å². The molecule has 1 aliphatic rings. The van der Waals surface area contributed by atoms with E-state index >= 15 is 0 Å². The molecule has 0 aliphatic carbocycles. The van der Waals surface area contributed by atoms with Crippen molar-refractivity contribution in [2.75, 3.05) is 53.4 Å². The third kappa shape index (κ3) is 5.25. The maximum Gasteiger partial charge on any atom is 0.00387 e. The SMILES string of the molecule is CCN(CCCN(C)C)CC1(CC)CCNCC1. The average Bonchev–Trinajstić information content (AvgIpc) is 2.38. The fraction of sp³-hybridized carbons (Fsp3) is 1.00. The van der Waals surface area contributed by atoms with E-state index in [4.69, 9.17) is 0 Å². The van der Waals surface area contributed by atoms with Gasteiger partial charge in [-0.2, -0.15) is 0 Å². The number of nitrogens with zero attached hydrogens (tertiary/aromatic N) is 2. The summed E-state index contributed by atoms with van der Waals surface area (Å²) in [5.41, 5.74) is 0.583. The van der Waals surface area contributed by atoms with E-state index in [0.717, 1.165) is 0 Å². The molecule has 0 radical (unpaired) electrons. The smallest absolute Gasteiger partial charge is 0.00387 e. The molecule has 1 fully saturated rings. The van der Waals surface area contributed by atoms with Crippen LogP contribution in [0.15, 0.2) is 0 Å². The van der Waals surface area contributed by atoms with Crippen molar-refractivity contribution in [3.8, 4) is 0 Å². The molecular formula is C15H33N3. The lowest BCUT2D eigenvalue weighted by molar-refractivity contribution is 0.107. The summed E-state index contributed by atoms with van der Waals surface area (Å²) >= 11 is 0. The molecule has 3 nitrogen and oxygen atoms in total. The molecule has 1 aliphatic heterocycles. The molecule has 0 aromatic rings. The standard InChI is InChI=1S/C15H33N3/c1-5-15(8-10-16-11-9-15)14-18(6-2)13-7-12-17(3)4/h16H,5-14H2,1-4H3. The fourth-order valence-corrected chi connectivity index (χ4v) is 3.01. The van der Waals surface area contributed by atoms with E-state index in [1.807, 2.05) is 0 Å². The van der Waals surface area contributed by atoms with Crippen molar-refractivity contribution in [3.05, 3.63) is 0 Å². The van der Waals surface area contributed by atoms with Crippen molar-refractivity contribution in [2.45, 2.75) is 39.5 Å². The van der Waals surface area contributed by atoms with Crippen LogP contribution in [0.5, 0.6) is 0 Å². The van der Waals surface area contributed by atoms with Gasteiger partial charge in [0.25, 0.3) is 0 Å². The lowest BCUT2D eigenvalue weighted by Crippen LogP contribution is -2.45. The maximum absolute atomic E-state index is 3.50. The predicted octanol–water partition coefficient (Wildman–Crippen LogP) is 2.04. The van der Waals surface area contributed by atoms with Crippen LogP contribution in [0.4, 0.5) is 0 Å². The Morgan fingerprint density at radius 2 is 1.72 bits per heavy atom. The minimum Gasteiger partial charge on any atom is -0.317 e. The molecule has 0 atom stereocenters. The summed E-state index contributed by atoms with van der Waals surface area (Å²) in [7, 11) is 4.33. The zero-order valence-electron chi connectivity index (χ0n) is 13.0. The molecule has 108 valence electrons. The highest BCUT2D eigenvalue weighted by Crippen LogP contribution is 2.33. The summed E-state index contributed by atoms with van der Waals surface area (Å²) < 4.78 is 0. The second-order valence-corrected chi connectivity index (χ2v) is 6.13. The molecule has 1 N–H and O–H groups in total. The number of nitrogens with one attached hydrogen (secondary N) is 1. The van der Waals surface area contributed by atoms with Gasteiger partial charge in [0.05, 0.1) is 0 Å². The topological polar surface area (TPSA) is 18.5 Å². The van der Waals surface area contributed by atoms with E-state index in [0.29, 0.717) is 5.41 Å². The number of hydrogen-bond donors (Lipinski definition) is 1. The van der Waals surface area contributed by atoms with Crippen LogP contribution in [-0.2, 0) is 0 Å². The summed E-state index contributed by atoms with van der Waals surface area (Å²) in [6, 6.07) is 0. The molecule has 0 aromatic carbocycles. The fourth-order valence-electron chi connectivity index (χ4n) is 3.01. The van der Waals surface area contributed by atoms with E-state index in [2.05, 4.69) is 43.1 Å². The molecule has 1 saturated heterocycles. The summed E-state index contributed by atoms with van der Waals surface area (Å²) in [5.74, 6) is 0. The Balaban J connectivity index is 2.39. The van der Waals surface area contributed by atoms with Crippen LogP contribution in [0.1, 0.15) is 39.5 Å². The first-order valence-electron chi connectivity index (χ1n) is 7.69. The van der Waals surface area contributed by atoms with Crippen molar-refractivity contribution < 1.29 is 0 Å². The van der Waals surface area contributed by atoms with Crippen LogP contribution in [0.25, 0.3) is 0 Å². The zero-order chi connectivity index (χ0) is 13.4. The molecule has 1 heterocycles. The molecule has 0 unspecified atom stereocenters. The monoisotopic (exact) mass is 255 g/mol. The van der Waals surface area contributed by atoms with Crippen molar-refractivity contribution >= 4 is 0 Å². The van der Waals surface area contributed by atoms with Gasteiger partial charge in [0.1, 0.15) is 0 Å². The number of rotatable bonds is 8. The number of piperidine rings is 1. The Bertz CT molecular complexity index is 210. The summed E-state index contributed by atoms with van der Waals surface area (Å²) in [6.45, 7) is 12.1. The van der Waals surface area contributed by atoms with Crippen LogP contribution < -0.4 is 5.32 Å². The number of hydrogen-bond acceptors (Lipinski definition) is 3. The largest absolute Gasteiger partial charge is 0.317 e. The van der Waals surface area contributed by atoms with Gasteiger partial charge < -0.3 is 15.1 Å². The van der Waals surface area contributed by atoms with E-state index in [1.165, 1.54) is 65.0 Å². The second-order valence-electron chi connectivity index (χ2n) is 6.13. The van der Waals surface area contributed by atoms with Crippen LogP contribution in [0, 0.1) is 5.41 Å². The Hall–Kier alpha value is -0.120. The van der Waals surface area contributed by atoms with E-state index < -0.39 is 0 Å². The zero-order valence-corrected chi connectivity index (χ0v) is 13.0. The van der Waals surface area contributed by atoms with Crippen molar-refractivity contribution in [1.82, 2.24) is 15.1 Å². The van der Waals surface area contributed by atoms with Crippen molar-refractivity contribution in [3.63, 3.8) is 0 Å². The summed E-state index contributed by atoms with van der Waals surface area (Å²) in [6.07, 6.45) is 5.33. The van der Waals surface area contributed by atoms with Gasteiger partial charge in [0.15, 0.2) is 0 Å². The van der Waals surface area contributed by atoms with Crippen LogP contribution >= 0.6 is 0 Å². The van der Waals surface area contributed by atoms with Crippen LogP contribution in [0.2, 0.25) is 0 Å². The van der Waals surface area contributed by atoms with Crippen molar-refractivity contribution in [1.29, 1.82) is 0 Å². The van der Waals surface area contributed by atoms with Gasteiger partial charge in [-0.1, -0.05) is 13.8 Å². The molecule has 3 heteroatoms. The van der Waals surface area contributed by atoms with Gasteiger partial charge in [-0.15, -0.1) is 0 Å². The molecule has 0 amide bonds. The predicted molar refractivity (Wildman–Crippen MR) is 80.1 cm³/mol. The highest BCUT2D eigenvalue weighted by atomic mass is 15.1. The molecule has 0 aromatic heterocycles. The Labute approximate surface area is 114 Å².